The molecule has 0 radical (unpaired) electrons. The van der Waals surface area contributed by atoms with Crippen LogP contribution in [0.5, 0.6) is 34.5 Å². The zero-order valence-corrected chi connectivity index (χ0v) is 17.5. The van der Waals surface area contributed by atoms with Crippen molar-refractivity contribution in [3.8, 4) is 34.5 Å². The van der Waals surface area contributed by atoms with E-state index in [1.54, 1.807) is 31.2 Å². The topological polar surface area (TPSA) is 83.5 Å². The first-order chi connectivity index (χ1) is 13.9. The van der Waals surface area contributed by atoms with Gasteiger partial charge in [0.05, 0.1) is 41.1 Å². The molecular weight excluding hydrogens is 376 g/mol. The van der Waals surface area contributed by atoms with Gasteiger partial charge in [-0.2, -0.15) is 0 Å². The Labute approximate surface area is 170 Å². The Bertz CT molecular complexity index is 891. The molecule has 0 aliphatic heterocycles. The van der Waals surface area contributed by atoms with Crippen molar-refractivity contribution in [3.05, 3.63) is 41.0 Å². The fourth-order valence-electron chi connectivity index (χ4n) is 3.06. The second-order valence-electron chi connectivity index (χ2n) is 6.14. The third kappa shape index (κ3) is 4.39. The number of methoxy groups -OCH3 is 5. The van der Waals surface area contributed by atoms with Gasteiger partial charge in [-0.1, -0.05) is 6.08 Å². The molecule has 0 fully saturated rings. The number of rotatable bonds is 9. The molecule has 1 N–H and O–H groups in total. The zero-order valence-electron chi connectivity index (χ0n) is 17.5. The van der Waals surface area contributed by atoms with Crippen LogP contribution in [0, 0.1) is 6.92 Å². The number of hydrogen-bond acceptors (Lipinski definition) is 7. The molecule has 0 bridgehead atoms. The first-order valence-corrected chi connectivity index (χ1v) is 8.84. The van der Waals surface area contributed by atoms with Crippen LogP contribution >= 0.6 is 0 Å². The number of benzene rings is 2. The molecule has 2 aromatic rings. The molecule has 2 rings (SSSR count). The number of carbonyl (C=O) groups is 1. The van der Waals surface area contributed by atoms with Crippen LogP contribution in [-0.4, -0.2) is 46.9 Å². The molecule has 0 aromatic heterocycles. The van der Waals surface area contributed by atoms with Crippen molar-refractivity contribution < 1.29 is 33.6 Å². The maximum atomic E-state index is 11.8. The van der Waals surface area contributed by atoms with Crippen molar-refractivity contribution >= 4 is 11.9 Å². The lowest BCUT2D eigenvalue weighted by Crippen LogP contribution is -1.99. The molecule has 0 aliphatic rings. The number of hydrogen-bond donors (Lipinski definition) is 1. The van der Waals surface area contributed by atoms with Gasteiger partial charge in [0.15, 0.2) is 17.8 Å². The van der Waals surface area contributed by atoms with Crippen molar-refractivity contribution in [3.63, 3.8) is 0 Å². The van der Waals surface area contributed by atoms with Gasteiger partial charge >= 0.3 is 0 Å². The third-order valence-corrected chi connectivity index (χ3v) is 4.61. The summed E-state index contributed by atoms with van der Waals surface area (Å²) in [6.07, 6.45) is 2.77. The molecule has 7 heteroatoms. The van der Waals surface area contributed by atoms with Gasteiger partial charge in [-0.05, 0) is 31.0 Å². The first kappa shape index (κ1) is 21.9. The molecule has 0 amide bonds. The van der Waals surface area contributed by atoms with Gasteiger partial charge in [0, 0.05) is 17.2 Å². The highest BCUT2D eigenvalue weighted by molar-refractivity contribution is 6.09. The van der Waals surface area contributed by atoms with Crippen LogP contribution < -0.4 is 23.7 Å². The second kappa shape index (κ2) is 9.73. The summed E-state index contributed by atoms with van der Waals surface area (Å²) in [6, 6.07) is 5.24. The van der Waals surface area contributed by atoms with E-state index in [9.17, 15) is 9.90 Å². The maximum Gasteiger partial charge on any atom is 0.203 e. The molecule has 0 saturated carbocycles. The van der Waals surface area contributed by atoms with E-state index in [0.717, 1.165) is 5.56 Å². The highest BCUT2D eigenvalue weighted by Gasteiger charge is 2.20. The largest absolute Gasteiger partial charge is 0.507 e. The fraction of sp³-hybridized carbons (Fsp3) is 0.318. The maximum absolute atomic E-state index is 11.8. The van der Waals surface area contributed by atoms with Gasteiger partial charge in [-0.15, -0.1) is 0 Å². The molecular formula is C22H26O7. The minimum Gasteiger partial charge on any atom is -0.507 e. The molecule has 0 aliphatic carbocycles. The van der Waals surface area contributed by atoms with Crippen LogP contribution in [0.2, 0.25) is 0 Å². The standard InChI is InChI=1S/C22H26O7/c1-13-16(25-2)11-17(26-3)20(21(13)24)15(12-23)8-7-14-9-18(27-4)22(29-6)19(10-14)28-5/h8-12,24H,7H2,1-6H3/b15-8-. The van der Waals surface area contributed by atoms with Gasteiger partial charge in [0.25, 0.3) is 0 Å². The first-order valence-electron chi connectivity index (χ1n) is 8.84. The third-order valence-electron chi connectivity index (χ3n) is 4.61. The summed E-state index contributed by atoms with van der Waals surface area (Å²) in [5.74, 6) is 2.27. The van der Waals surface area contributed by atoms with Gasteiger partial charge in [-0.3, -0.25) is 4.79 Å². The van der Waals surface area contributed by atoms with Crippen LogP contribution in [0.15, 0.2) is 24.3 Å². The minimum absolute atomic E-state index is 0.0653. The van der Waals surface area contributed by atoms with Crippen LogP contribution in [-0.2, 0) is 11.2 Å². The number of carbonyl (C=O) groups excluding carboxylic acids is 1. The second-order valence-corrected chi connectivity index (χ2v) is 6.14. The van der Waals surface area contributed by atoms with E-state index in [2.05, 4.69) is 0 Å². The van der Waals surface area contributed by atoms with E-state index >= 15 is 0 Å². The molecule has 156 valence electrons. The molecule has 29 heavy (non-hydrogen) atoms. The smallest absolute Gasteiger partial charge is 0.203 e. The number of aldehydes is 1. The van der Waals surface area contributed by atoms with Gasteiger partial charge in [-0.25, -0.2) is 0 Å². The zero-order chi connectivity index (χ0) is 21.6. The molecule has 2 aromatic carbocycles. The predicted molar refractivity (Wildman–Crippen MR) is 110 cm³/mol. The summed E-state index contributed by atoms with van der Waals surface area (Å²) < 4.78 is 26.7. The van der Waals surface area contributed by atoms with Crippen LogP contribution in [0.1, 0.15) is 16.7 Å². The van der Waals surface area contributed by atoms with Gasteiger partial charge < -0.3 is 28.8 Å². The number of phenols is 1. The lowest BCUT2D eigenvalue weighted by molar-refractivity contribution is -0.103. The van der Waals surface area contributed by atoms with Crippen molar-refractivity contribution in [2.24, 2.45) is 0 Å². The lowest BCUT2D eigenvalue weighted by atomic mass is 9.98. The van der Waals surface area contributed by atoms with Crippen LogP contribution in [0.25, 0.3) is 5.57 Å². The van der Waals surface area contributed by atoms with E-state index in [-0.39, 0.29) is 5.75 Å². The molecule has 0 saturated heterocycles. The average Bonchev–Trinajstić information content (AvgIpc) is 2.75. The normalized spacial score (nSPS) is 11.0. The summed E-state index contributed by atoms with van der Waals surface area (Å²) in [5, 5.41) is 10.6. The minimum atomic E-state index is -0.0653. The molecule has 0 spiro atoms. The summed E-state index contributed by atoms with van der Waals surface area (Å²) in [4.78, 5) is 11.8. The van der Waals surface area contributed by atoms with E-state index in [0.29, 0.717) is 58.2 Å². The van der Waals surface area contributed by atoms with Crippen LogP contribution in [0.4, 0.5) is 0 Å². The lowest BCUT2D eigenvalue weighted by Gasteiger charge is -2.16. The van der Waals surface area contributed by atoms with E-state index < -0.39 is 0 Å². The van der Waals surface area contributed by atoms with Crippen molar-refractivity contribution in [1.82, 2.24) is 0 Å². The van der Waals surface area contributed by atoms with Crippen molar-refractivity contribution in [2.45, 2.75) is 13.3 Å². The van der Waals surface area contributed by atoms with Crippen LogP contribution in [0.3, 0.4) is 0 Å². The molecule has 0 heterocycles. The average molecular weight is 402 g/mol. The highest BCUT2D eigenvalue weighted by Crippen LogP contribution is 2.42. The predicted octanol–water partition coefficient (Wildman–Crippen LogP) is 3.57. The summed E-state index contributed by atoms with van der Waals surface area (Å²) in [7, 11) is 7.58. The Hall–Kier alpha value is -3.35. The Morgan fingerprint density at radius 3 is 1.86 bits per heavy atom. The number of ether oxygens (including phenoxy) is 5. The molecule has 0 unspecified atom stereocenters. The highest BCUT2D eigenvalue weighted by atomic mass is 16.5. The van der Waals surface area contributed by atoms with E-state index in [4.69, 9.17) is 23.7 Å². The Morgan fingerprint density at radius 1 is 0.862 bits per heavy atom. The Kier molecular flexibility index (Phi) is 7.36. The Morgan fingerprint density at radius 2 is 1.41 bits per heavy atom. The fourth-order valence-corrected chi connectivity index (χ4v) is 3.06. The molecule has 7 nitrogen and oxygen atoms in total. The number of allylic oxidation sites excluding steroid dienone is 2. The van der Waals surface area contributed by atoms with Gasteiger partial charge in [0.2, 0.25) is 5.75 Å². The van der Waals surface area contributed by atoms with Gasteiger partial charge in [0.1, 0.15) is 17.2 Å². The monoisotopic (exact) mass is 402 g/mol. The number of phenolic OH excluding ortho intramolecular Hbond substituents is 1. The summed E-state index contributed by atoms with van der Waals surface area (Å²) >= 11 is 0. The van der Waals surface area contributed by atoms with E-state index in [1.165, 1.54) is 35.5 Å². The SMILES string of the molecule is COc1cc(OC)c(/C(C=O)=C\Cc2cc(OC)c(OC)c(OC)c2)c(O)c1C. The van der Waals surface area contributed by atoms with E-state index in [1.807, 2.05) is 0 Å². The van der Waals surface area contributed by atoms with Crippen molar-refractivity contribution in [1.29, 1.82) is 0 Å². The van der Waals surface area contributed by atoms with Crippen molar-refractivity contribution in [2.75, 3.05) is 35.5 Å². The number of aromatic hydroxyl groups is 1. The summed E-state index contributed by atoms with van der Waals surface area (Å²) in [6.45, 7) is 1.71. The quantitative estimate of drug-likeness (QED) is 0.507. The summed E-state index contributed by atoms with van der Waals surface area (Å²) in [5.41, 5.74) is 1.96. The molecule has 0 atom stereocenters. The Balaban J connectivity index is 2.52.